The van der Waals surface area contributed by atoms with Gasteiger partial charge in [-0.3, -0.25) is 4.79 Å². The second kappa shape index (κ2) is 8.54. The van der Waals surface area contributed by atoms with Crippen LogP contribution in [-0.2, 0) is 11.3 Å². The molecule has 0 aromatic heterocycles. The Hall–Kier alpha value is -2.52. The first-order valence-corrected chi connectivity index (χ1v) is 9.24. The van der Waals surface area contributed by atoms with E-state index in [9.17, 15) is 4.79 Å². The maximum absolute atomic E-state index is 13.2. The fourth-order valence-electron chi connectivity index (χ4n) is 2.64. The van der Waals surface area contributed by atoms with Crippen molar-refractivity contribution in [2.45, 2.75) is 23.6 Å². The molecule has 3 aromatic carbocycles. The molecular weight excluding hydrogens is 326 g/mol. The number of hydrogen-bond donors (Lipinski definition) is 0. The molecule has 0 aliphatic rings. The lowest BCUT2D eigenvalue weighted by Crippen LogP contribution is -2.36. The van der Waals surface area contributed by atoms with Crippen molar-refractivity contribution in [3.05, 3.63) is 96.6 Å². The molecule has 0 heterocycles. The molecule has 1 unspecified atom stereocenters. The smallest absolute Gasteiger partial charge is 0.240 e. The van der Waals surface area contributed by atoms with E-state index in [1.54, 1.807) is 11.8 Å². The molecule has 0 bridgehead atoms. The third-order valence-corrected chi connectivity index (χ3v) is 5.02. The molecule has 0 spiro atoms. The summed E-state index contributed by atoms with van der Waals surface area (Å²) in [7, 11) is 0. The van der Waals surface area contributed by atoms with E-state index in [0.717, 1.165) is 16.1 Å². The van der Waals surface area contributed by atoms with Crippen LogP contribution in [0.2, 0.25) is 0 Å². The van der Waals surface area contributed by atoms with Crippen molar-refractivity contribution in [2.24, 2.45) is 0 Å². The van der Waals surface area contributed by atoms with Gasteiger partial charge < -0.3 is 4.90 Å². The first kappa shape index (κ1) is 17.3. The van der Waals surface area contributed by atoms with E-state index in [0.29, 0.717) is 6.54 Å². The Kier molecular flexibility index (Phi) is 5.91. The van der Waals surface area contributed by atoms with Gasteiger partial charge in [0, 0.05) is 10.6 Å². The molecular formula is C22H21NOS. The molecule has 126 valence electrons. The zero-order valence-corrected chi connectivity index (χ0v) is 15.0. The summed E-state index contributed by atoms with van der Waals surface area (Å²) in [6, 6.07) is 30.1. The Morgan fingerprint density at radius 3 is 1.96 bits per heavy atom. The average molecular weight is 347 g/mol. The highest BCUT2D eigenvalue weighted by molar-refractivity contribution is 8.00. The van der Waals surface area contributed by atoms with E-state index in [1.165, 1.54) is 0 Å². The van der Waals surface area contributed by atoms with Crippen molar-refractivity contribution in [2.75, 3.05) is 4.90 Å². The molecule has 25 heavy (non-hydrogen) atoms. The lowest BCUT2D eigenvalue weighted by molar-refractivity contribution is -0.118. The molecule has 0 aliphatic heterocycles. The molecule has 3 heteroatoms. The Labute approximate surface area is 153 Å². The Morgan fingerprint density at radius 2 is 1.36 bits per heavy atom. The highest BCUT2D eigenvalue weighted by Crippen LogP contribution is 2.27. The Balaban J connectivity index is 1.81. The molecule has 1 amide bonds. The van der Waals surface area contributed by atoms with Crippen LogP contribution in [0.15, 0.2) is 95.9 Å². The van der Waals surface area contributed by atoms with Gasteiger partial charge >= 0.3 is 0 Å². The van der Waals surface area contributed by atoms with Gasteiger partial charge in [0.2, 0.25) is 5.91 Å². The molecule has 0 radical (unpaired) electrons. The summed E-state index contributed by atoms with van der Waals surface area (Å²) >= 11 is 1.59. The van der Waals surface area contributed by atoms with Crippen LogP contribution in [0.5, 0.6) is 0 Å². The van der Waals surface area contributed by atoms with Crippen LogP contribution < -0.4 is 4.90 Å². The van der Waals surface area contributed by atoms with Gasteiger partial charge in [-0.2, -0.15) is 0 Å². The maximum Gasteiger partial charge on any atom is 0.240 e. The quantitative estimate of drug-likeness (QED) is 0.556. The first-order chi connectivity index (χ1) is 12.2. The first-order valence-electron chi connectivity index (χ1n) is 8.36. The van der Waals surface area contributed by atoms with Crippen molar-refractivity contribution < 1.29 is 4.79 Å². The molecule has 3 aromatic rings. The van der Waals surface area contributed by atoms with Gasteiger partial charge in [0.25, 0.3) is 0 Å². The number of carbonyl (C=O) groups excluding carboxylic acids is 1. The lowest BCUT2D eigenvalue weighted by Gasteiger charge is -2.26. The lowest BCUT2D eigenvalue weighted by atomic mass is 10.2. The van der Waals surface area contributed by atoms with Crippen LogP contribution in [0.1, 0.15) is 12.5 Å². The van der Waals surface area contributed by atoms with Crippen LogP contribution in [0.3, 0.4) is 0 Å². The summed E-state index contributed by atoms with van der Waals surface area (Å²) < 4.78 is 0. The van der Waals surface area contributed by atoms with Crippen molar-refractivity contribution in [1.29, 1.82) is 0 Å². The van der Waals surface area contributed by atoms with Gasteiger partial charge in [-0.15, -0.1) is 11.8 Å². The maximum atomic E-state index is 13.2. The van der Waals surface area contributed by atoms with Gasteiger partial charge in [0.15, 0.2) is 0 Å². The summed E-state index contributed by atoms with van der Waals surface area (Å²) in [6.07, 6.45) is 0. The third-order valence-electron chi connectivity index (χ3n) is 3.92. The van der Waals surface area contributed by atoms with Crippen LogP contribution in [0.25, 0.3) is 0 Å². The molecule has 0 saturated carbocycles. The second-order valence-electron chi connectivity index (χ2n) is 5.82. The van der Waals surface area contributed by atoms with E-state index in [2.05, 4.69) is 12.1 Å². The average Bonchev–Trinajstić information content (AvgIpc) is 2.68. The third kappa shape index (κ3) is 4.74. The molecule has 0 N–H and O–H groups in total. The molecule has 0 aliphatic carbocycles. The number of hydrogen-bond acceptors (Lipinski definition) is 2. The molecule has 1 atom stereocenters. The number of para-hydroxylation sites is 1. The number of carbonyl (C=O) groups is 1. The summed E-state index contributed by atoms with van der Waals surface area (Å²) in [5.41, 5.74) is 2.05. The normalized spacial score (nSPS) is 11.7. The summed E-state index contributed by atoms with van der Waals surface area (Å²) in [5, 5.41) is -0.161. The van der Waals surface area contributed by atoms with Gasteiger partial charge in [0.1, 0.15) is 0 Å². The highest BCUT2D eigenvalue weighted by Gasteiger charge is 2.23. The van der Waals surface area contributed by atoms with E-state index in [-0.39, 0.29) is 11.2 Å². The highest BCUT2D eigenvalue weighted by atomic mass is 32.2. The predicted molar refractivity (Wildman–Crippen MR) is 106 cm³/mol. The molecule has 2 nitrogen and oxygen atoms in total. The van der Waals surface area contributed by atoms with E-state index in [1.807, 2.05) is 90.7 Å². The zero-order valence-electron chi connectivity index (χ0n) is 14.2. The van der Waals surface area contributed by atoms with Crippen LogP contribution in [0.4, 0.5) is 5.69 Å². The SMILES string of the molecule is CC(Sc1ccccc1)C(=O)N(Cc1ccccc1)c1ccccc1. The van der Waals surface area contributed by atoms with Crippen molar-refractivity contribution in [3.8, 4) is 0 Å². The Bertz CT molecular complexity index is 790. The summed E-state index contributed by atoms with van der Waals surface area (Å²) in [5.74, 6) is 0.115. The van der Waals surface area contributed by atoms with Crippen molar-refractivity contribution in [3.63, 3.8) is 0 Å². The minimum Gasteiger partial charge on any atom is -0.307 e. The van der Waals surface area contributed by atoms with Crippen LogP contribution in [0, 0.1) is 0 Å². The largest absolute Gasteiger partial charge is 0.307 e. The zero-order chi connectivity index (χ0) is 17.5. The number of rotatable bonds is 6. The number of thioether (sulfide) groups is 1. The summed E-state index contributed by atoms with van der Waals surface area (Å²) in [4.78, 5) is 16.1. The van der Waals surface area contributed by atoms with Crippen molar-refractivity contribution in [1.82, 2.24) is 0 Å². The number of anilines is 1. The fourth-order valence-corrected chi connectivity index (χ4v) is 3.59. The van der Waals surface area contributed by atoms with Crippen LogP contribution in [-0.4, -0.2) is 11.2 Å². The minimum absolute atomic E-state index is 0.115. The van der Waals surface area contributed by atoms with Gasteiger partial charge in [-0.25, -0.2) is 0 Å². The van der Waals surface area contributed by atoms with Gasteiger partial charge in [0.05, 0.1) is 11.8 Å². The van der Waals surface area contributed by atoms with E-state index >= 15 is 0 Å². The van der Waals surface area contributed by atoms with E-state index in [4.69, 9.17) is 0 Å². The topological polar surface area (TPSA) is 20.3 Å². The van der Waals surface area contributed by atoms with Crippen LogP contribution >= 0.6 is 11.8 Å². The number of nitrogens with zero attached hydrogens (tertiary/aromatic N) is 1. The Morgan fingerprint density at radius 1 is 0.840 bits per heavy atom. The summed E-state index contributed by atoms with van der Waals surface area (Å²) in [6.45, 7) is 2.55. The fraction of sp³-hybridized carbons (Fsp3) is 0.136. The second-order valence-corrected chi connectivity index (χ2v) is 7.23. The molecule has 3 rings (SSSR count). The number of benzene rings is 3. The molecule has 0 saturated heterocycles. The van der Waals surface area contributed by atoms with Gasteiger partial charge in [-0.05, 0) is 36.8 Å². The standard InChI is InChI=1S/C22H21NOS/c1-18(25-21-15-9-4-10-16-21)22(24)23(20-13-7-3-8-14-20)17-19-11-5-2-6-12-19/h2-16,18H,17H2,1H3. The minimum atomic E-state index is -0.161. The van der Waals surface area contributed by atoms with Gasteiger partial charge in [-0.1, -0.05) is 66.7 Å². The van der Waals surface area contributed by atoms with Crippen molar-refractivity contribution >= 4 is 23.4 Å². The number of amides is 1. The predicted octanol–water partition coefficient (Wildman–Crippen LogP) is 5.40. The molecule has 0 fully saturated rings. The van der Waals surface area contributed by atoms with E-state index < -0.39 is 0 Å². The monoisotopic (exact) mass is 347 g/mol.